The van der Waals surface area contributed by atoms with Gasteiger partial charge < -0.3 is 15.7 Å². The lowest BCUT2D eigenvalue weighted by molar-refractivity contribution is 0.221. The van der Waals surface area contributed by atoms with Gasteiger partial charge >= 0.3 is 17.4 Å². The maximum atomic E-state index is 13.8. The van der Waals surface area contributed by atoms with Crippen LogP contribution in [0.3, 0.4) is 0 Å². The lowest BCUT2D eigenvalue weighted by atomic mass is 10.2. The second-order valence-electron chi connectivity index (χ2n) is 7.53. The molecule has 4 rings (SSSR count). The molecule has 10 nitrogen and oxygen atoms in total. The molecule has 1 aromatic heterocycles. The monoisotopic (exact) mass is 486 g/mol. The van der Waals surface area contributed by atoms with Crippen molar-refractivity contribution in [2.24, 2.45) is 0 Å². The minimum Gasteiger partial charge on any atom is -0.505 e. The lowest BCUT2D eigenvalue weighted by Gasteiger charge is -2.18. The van der Waals surface area contributed by atoms with Crippen molar-refractivity contribution < 1.29 is 14.3 Å². The van der Waals surface area contributed by atoms with E-state index in [1.165, 1.54) is 15.5 Å². The molecule has 2 amide bonds. The number of phenols is 1. The maximum absolute atomic E-state index is 13.8. The Balaban J connectivity index is 1.72. The number of hydrogen-bond donors (Lipinski definition) is 3. The van der Waals surface area contributed by atoms with Crippen molar-refractivity contribution in [3.8, 4) is 5.75 Å². The summed E-state index contributed by atoms with van der Waals surface area (Å²) >= 11 is 5.95. The van der Waals surface area contributed by atoms with Crippen LogP contribution in [0.1, 0.15) is 5.56 Å². The number of benzene rings is 2. The first kappa shape index (κ1) is 23.1. The molecule has 3 aromatic rings. The number of aromatic nitrogens is 3. The van der Waals surface area contributed by atoms with E-state index < -0.39 is 22.9 Å². The highest BCUT2D eigenvalue weighted by atomic mass is 35.5. The van der Waals surface area contributed by atoms with Gasteiger partial charge in [0, 0.05) is 29.0 Å². The first-order valence-corrected chi connectivity index (χ1v) is 10.6. The first-order chi connectivity index (χ1) is 16.2. The highest BCUT2D eigenvalue weighted by molar-refractivity contribution is 6.30. The summed E-state index contributed by atoms with van der Waals surface area (Å²) in [5.41, 5.74) is -0.119. The highest BCUT2D eigenvalue weighted by Gasteiger charge is 2.24. The third kappa shape index (κ3) is 4.79. The summed E-state index contributed by atoms with van der Waals surface area (Å²) in [5, 5.41) is 15.3. The molecule has 0 bridgehead atoms. The van der Waals surface area contributed by atoms with E-state index in [1.807, 2.05) is 0 Å². The number of phenolic OH excluding ortho intramolecular Hbond substituents is 1. The standard InChI is InChI=1S/C22H20ClFN6O4/c1-13-11-25-20(32)28(13)8-9-29-21(33)27-19(26-16-6-7-18(31)17(24)10-16)30(22(29)34)12-14-2-4-15(23)5-3-14/h2-7,10,31H,1,8-9,11-12H2,(H,25,32)(H,26,27,33). The van der Waals surface area contributed by atoms with Crippen LogP contribution in [0.4, 0.5) is 20.8 Å². The van der Waals surface area contributed by atoms with Crippen LogP contribution < -0.4 is 22.0 Å². The zero-order chi connectivity index (χ0) is 24.4. The van der Waals surface area contributed by atoms with E-state index >= 15 is 0 Å². The third-order valence-corrected chi connectivity index (χ3v) is 5.48. The molecular formula is C22H20ClFN6O4. The van der Waals surface area contributed by atoms with Gasteiger partial charge in [0.25, 0.3) is 0 Å². The van der Waals surface area contributed by atoms with Crippen LogP contribution in [-0.4, -0.2) is 43.2 Å². The topological polar surface area (TPSA) is 121 Å². The Morgan fingerprint density at radius 2 is 1.85 bits per heavy atom. The van der Waals surface area contributed by atoms with E-state index in [1.54, 1.807) is 24.3 Å². The van der Waals surface area contributed by atoms with Crippen molar-refractivity contribution in [1.29, 1.82) is 0 Å². The number of carbonyl (C=O) groups is 1. The molecule has 0 aliphatic carbocycles. The normalized spacial score (nSPS) is 13.3. The second kappa shape index (κ2) is 9.40. The Kier molecular flexibility index (Phi) is 6.37. The van der Waals surface area contributed by atoms with Crippen LogP contribution in [0.15, 0.2) is 64.3 Å². The fourth-order valence-corrected chi connectivity index (χ4v) is 3.54. The molecule has 0 unspecified atom stereocenters. The Bertz CT molecular complexity index is 1370. The maximum Gasteiger partial charge on any atom is 0.355 e. The van der Waals surface area contributed by atoms with Crippen LogP contribution in [0.5, 0.6) is 5.75 Å². The average Bonchev–Trinajstić information content (AvgIpc) is 3.12. The number of rotatable bonds is 7. The van der Waals surface area contributed by atoms with Crippen LogP contribution in [0.2, 0.25) is 5.02 Å². The molecule has 0 radical (unpaired) electrons. The molecule has 0 spiro atoms. The fourth-order valence-electron chi connectivity index (χ4n) is 3.42. The predicted octanol–water partition coefficient (Wildman–Crippen LogP) is 2.23. The minimum absolute atomic E-state index is 0.0308. The largest absolute Gasteiger partial charge is 0.505 e. The molecule has 2 heterocycles. The van der Waals surface area contributed by atoms with E-state index in [0.717, 1.165) is 16.7 Å². The molecular weight excluding hydrogens is 467 g/mol. The number of aromatic hydroxyl groups is 1. The number of carbonyl (C=O) groups excluding carboxylic acids is 1. The smallest absolute Gasteiger partial charge is 0.355 e. The van der Waals surface area contributed by atoms with Gasteiger partial charge in [-0.1, -0.05) is 30.3 Å². The average molecular weight is 487 g/mol. The Morgan fingerprint density at radius 3 is 2.50 bits per heavy atom. The minimum atomic E-state index is -0.881. The second-order valence-corrected chi connectivity index (χ2v) is 7.97. The van der Waals surface area contributed by atoms with Gasteiger partial charge in [-0.25, -0.2) is 23.3 Å². The lowest BCUT2D eigenvalue weighted by Crippen LogP contribution is -2.45. The van der Waals surface area contributed by atoms with E-state index in [2.05, 4.69) is 22.2 Å². The molecule has 34 heavy (non-hydrogen) atoms. The van der Waals surface area contributed by atoms with Crippen LogP contribution in [-0.2, 0) is 13.1 Å². The number of urea groups is 1. The number of anilines is 2. The van der Waals surface area contributed by atoms with Gasteiger partial charge in [0.15, 0.2) is 11.6 Å². The Labute approximate surface area is 197 Å². The summed E-state index contributed by atoms with van der Waals surface area (Å²) in [6.45, 7) is 4.05. The van der Waals surface area contributed by atoms with Crippen molar-refractivity contribution >= 4 is 29.3 Å². The molecule has 12 heteroatoms. The van der Waals surface area contributed by atoms with Crippen molar-refractivity contribution in [2.45, 2.75) is 13.1 Å². The number of amides is 2. The molecule has 176 valence electrons. The molecule has 1 fully saturated rings. The van der Waals surface area contributed by atoms with Gasteiger partial charge in [0.2, 0.25) is 5.95 Å². The summed E-state index contributed by atoms with van der Waals surface area (Å²) in [5.74, 6) is -1.54. The van der Waals surface area contributed by atoms with E-state index in [9.17, 15) is 23.9 Å². The predicted molar refractivity (Wildman–Crippen MR) is 124 cm³/mol. The van der Waals surface area contributed by atoms with Crippen LogP contribution in [0.25, 0.3) is 0 Å². The fraction of sp³-hybridized carbons (Fsp3) is 0.182. The van der Waals surface area contributed by atoms with Crippen molar-refractivity contribution in [3.05, 3.63) is 92.1 Å². The summed E-state index contributed by atoms with van der Waals surface area (Å²) in [6, 6.07) is 9.91. The summed E-state index contributed by atoms with van der Waals surface area (Å²) < 4.78 is 15.9. The van der Waals surface area contributed by atoms with Gasteiger partial charge in [-0.2, -0.15) is 4.98 Å². The molecule has 0 saturated carbocycles. The SMILES string of the molecule is C=C1CNC(=O)N1CCn1c(=O)nc(Nc2ccc(O)c(F)c2)n(Cc2ccc(Cl)cc2)c1=O. The highest BCUT2D eigenvalue weighted by Crippen LogP contribution is 2.22. The number of nitrogens with one attached hydrogen (secondary N) is 2. The summed E-state index contributed by atoms with van der Waals surface area (Å²) in [4.78, 5) is 43.3. The van der Waals surface area contributed by atoms with Gasteiger partial charge in [0.05, 0.1) is 19.6 Å². The van der Waals surface area contributed by atoms with Crippen molar-refractivity contribution in [1.82, 2.24) is 24.3 Å². The first-order valence-electron chi connectivity index (χ1n) is 10.2. The number of hydrogen-bond acceptors (Lipinski definition) is 6. The molecule has 2 aromatic carbocycles. The van der Waals surface area contributed by atoms with Gasteiger partial charge in [0.1, 0.15) is 0 Å². The Hall–Kier alpha value is -4.12. The van der Waals surface area contributed by atoms with E-state index in [4.69, 9.17) is 11.6 Å². The number of nitrogens with zero attached hydrogens (tertiary/aromatic N) is 4. The van der Waals surface area contributed by atoms with E-state index in [-0.39, 0.29) is 37.3 Å². The molecule has 3 N–H and O–H groups in total. The molecule has 0 atom stereocenters. The quantitative estimate of drug-likeness (QED) is 0.440. The van der Waals surface area contributed by atoms with Gasteiger partial charge in [-0.3, -0.25) is 9.47 Å². The summed E-state index contributed by atoms with van der Waals surface area (Å²) in [7, 11) is 0. The molecule has 1 aliphatic heterocycles. The molecule has 1 aliphatic rings. The summed E-state index contributed by atoms with van der Waals surface area (Å²) in [6.07, 6.45) is 0. The zero-order valence-corrected chi connectivity index (χ0v) is 18.5. The molecule has 1 saturated heterocycles. The van der Waals surface area contributed by atoms with Crippen LogP contribution >= 0.6 is 11.6 Å². The zero-order valence-electron chi connectivity index (χ0n) is 17.8. The van der Waals surface area contributed by atoms with Gasteiger partial charge in [-0.15, -0.1) is 0 Å². The Morgan fingerprint density at radius 1 is 1.12 bits per heavy atom. The van der Waals surface area contributed by atoms with Crippen LogP contribution in [0, 0.1) is 5.82 Å². The third-order valence-electron chi connectivity index (χ3n) is 5.23. The van der Waals surface area contributed by atoms with Crippen molar-refractivity contribution in [2.75, 3.05) is 18.4 Å². The number of halogens is 2. The van der Waals surface area contributed by atoms with E-state index in [0.29, 0.717) is 22.8 Å². The van der Waals surface area contributed by atoms with Crippen molar-refractivity contribution in [3.63, 3.8) is 0 Å². The van der Waals surface area contributed by atoms with Gasteiger partial charge in [-0.05, 0) is 29.8 Å².